The highest BCUT2D eigenvalue weighted by atomic mass is 35.5. The van der Waals surface area contributed by atoms with Crippen LogP contribution in [0.1, 0.15) is 36.4 Å². The summed E-state index contributed by atoms with van der Waals surface area (Å²) in [7, 11) is 0. The first-order valence-corrected chi connectivity index (χ1v) is 11.5. The topological polar surface area (TPSA) is 85.3 Å². The van der Waals surface area contributed by atoms with Crippen molar-refractivity contribution in [2.75, 3.05) is 6.79 Å². The quantitative estimate of drug-likeness (QED) is 0.690. The molecule has 1 aliphatic carbocycles. The summed E-state index contributed by atoms with van der Waals surface area (Å²) in [6.07, 6.45) is 1.60. The monoisotopic (exact) mass is 467 g/mol. The Labute approximate surface area is 195 Å². The van der Waals surface area contributed by atoms with Crippen LogP contribution < -0.4 is 9.47 Å². The fourth-order valence-electron chi connectivity index (χ4n) is 5.30. The van der Waals surface area contributed by atoms with Crippen LogP contribution in [0.15, 0.2) is 53.8 Å². The van der Waals surface area contributed by atoms with Gasteiger partial charge in [-0.05, 0) is 54.7 Å². The number of alkyl halides is 1. The van der Waals surface area contributed by atoms with Gasteiger partial charge in [-0.3, -0.25) is 9.59 Å². The number of fused-ring (bicyclic) bond motifs is 2. The third kappa shape index (κ3) is 3.33. The van der Waals surface area contributed by atoms with Crippen LogP contribution in [0.25, 0.3) is 0 Å². The zero-order chi connectivity index (χ0) is 22.7. The zero-order valence-electron chi connectivity index (χ0n) is 17.7. The van der Waals surface area contributed by atoms with Crippen molar-refractivity contribution in [3.8, 4) is 17.2 Å². The van der Waals surface area contributed by atoms with E-state index >= 15 is 0 Å². The van der Waals surface area contributed by atoms with Gasteiger partial charge in [0.1, 0.15) is 11.9 Å². The molecule has 4 unspecified atom stereocenters. The average Bonchev–Trinajstić information content (AvgIpc) is 3.37. The van der Waals surface area contributed by atoms with Gasteiger partial charge >= 0.3 is 0 Å². The molecule has 0 radical (unpaired) electrons. The molecule has 0 saturated heterocycles. The van der Waals surface area contributed by atoms with Crippen molar-refractivity contribution in [2.24, 2.45) is 5.92 Å². The Morgan fingerprint density at radius 2 is 1.91 bits per heavy atom. The molecule has 33 heavy (non-hydrogen) atoms. The van der Waals surface area contributed by atoms with E-state index in [-0.39, 0.29) is 53.9 Å². The molecule has 0 spiro atoms. The lowest BCUT2D eigenvalue weighted by atomic mass is 9.77. The lowest BCUT2D eigenvalue weighted by Crippen LogP contribution is -2.41. The molecule has 1 N–H and O–H groups in total. The van der Waals surface area contributed by atoms with Crippen LogP contribution in [0.5, 0.6) is 17.2 Å². The van der Waals surface area contributed by atoms with Gasteiger partial charge in [-0.15, -0.1) is 11.6 Å². The Morgan fingerprint density at radius 3 is 2.76 bits per heavy atom. The minimum Gasteiger partial charge on any atom is -0.508 e. The van der Waals surface area contributed by atoms with Crippen LogP contribution in [0.2, 0.25) is 0 Å². The number of ketones is 1. The van der Waals surface area contributed by atoms with E-state index in [9.17, 15) is 14.7 Å². The van der Waals surface area contributed by atoms with Crippen molar-refractivity contribution in [2.45, 2.75) is 43.3 Å². The SMILES string of the molecule is O=C1C2=C(OC3CCC(Cl)CC13)C(=O)N(Cc1ccc3c(c1)OCO3)C2c1cccc(O)c1. The summed E-state index contributed by atoms with van der Waals surface area (Å²) in [6.45, 7) is 0.406. The van der Waals surface area contributed by atoms with E-state index in [1.165, 1.54) is 0 Å². The largest absolute Gasteiger partial charge is 0.508 e. The van der Waals surface area contributed by atoms with Crippen LogP contribution in [-0.2, 0) is 20.9 Å². The minimum absolute atomic E-state index is 0.0672. The van der Waals surface area contributed by atoms with Gasteiger partial charge < -0.3 is 24.2 Å². The average molecular weight is 468 g/mol. The second-order valence-electron chi connectivity index (χ2n) is 8.90. The summed E-state index contributed by atoms with van der Waals surface area (Å²) in [5.41, 5.74) is 1.85. The van der Waals surface area contributed by atoms with E-state index in [4.69, 9.17) is 25.8 Å². The number of halogens is 1. The van der Waals surface area contributed by atoms with Crippen LogP contribution in [-0.4, -0.2) is 40.0 Å². The van der Waals surface area contributed by atoms with Crippen molar-refractivity contribution in [3.63, 3.8) is 0 Å². The molecule has 6 rings (SSSR count). The summed E-state index contributed by atoms with van der Waals surface area (Å²) in [5, 5.41) is 10.0. The van der Waals surface area contributed by atoms with E-state index in [1.807, 2.05) is 24.3 Å². The first kappa shape index (κ1) is 20.4. The predicted octanol–water partition coefficient (Wildman–Crippen LogP) is 3.83. The smallest absolute Gasteiger partial charge is 0.290 e. The second kappa shape index (κ2) is 7.70. The minimum atomic E-state index is -0.658. The lowest BCUT2D eigenvalue weighted by molar-refractivity contribution is -0.135. The molecule has 4 atom stereocenters. The normalized spacial score (nSPS) is 28.0. The molecule has 7 nitrogen and oxygen atoms in total. The number of carbonyl (C=O) groups excluding carboxylic acids is 2. The molecule has 0 bridgehead atoms. The summed E-state index contributed by atoms with van der Waals surface area (Å²) >= 11 is 6.37. The number of rotatable bonds is 3. The number of hydrogen-bond donors (Lipinski definition) is 1. The van der Waals surface area contributed by atoms with Gasteiger partial charge in [-0.1, -0.05) is 18.2 Å². The molecule has 2 aromatic carbocycles. The Balaban J connectivity index is 1.41. The Kier molecular flexibility index (Phi) is 4.76. The van der Waals surface area contributed by atoms with E-state index in [0.29, 0.717) is 35.5 Å². The molecule has 3 heterocycles. The molecule has 4 aliphatic rings. The molecule has 1 amide bonds. The van der Waals surface area contributed by atoms with Crippen LogP contribution in [0.3, 0.4) is 0 Å². The highest BCUT2D eigenvalue weighted by molar-refractivity contribution is 6.21. The van der Waals surface area contributed by atoms with Crippen molar-refractivity contribution in [1.29, 1.82) is 0 Å². The van der Waals surface area contributed by atoms with Crippen molar-refractivity contribution in [1.82, 2.24) is 4.90 Å². The predicted molar refractivity (Wildman–Crippen MR) is 118 cm³/mol. The summed E-state index contributed by atoms with van der Waals surface area (Å²) in [6, 6.07) is 11.5. The number of aromatic hydroxyl groups is 1. The zero-order valence-corrected chi connectivity index (χ0v) is 18.5. The van der Waals surface area contributed by atoms with Crippen molar-refractivity contribution in [3.05, 3.63) is 64.9 Å². The number of ether oxygens (including phenoxy) is 3. The highest BCUT2D eigenvalue weighted by Gasteiger charge is 2.52. The van der Waals surface area contributed by atoms with Gasteiger partial charge in [0.15, 0.2) is 23.0 Å². The van der Waals surface area contributed by atoms with Crippen molar-refractivity contribution < 1.29 is 28.9 Å². The van der Waals surface area contributed by atoms with Gasteiger partial charge in [0.25, 0.3) is 5.91 Å². The summed E-state index contributed by atoms with van der Waals surface area (Å²) < 4.78 is 17.0. The number of hydrogen-bond acceptors (Lipinski definition) is 6. The lowest BCUT2D eigenvalue weighted by Gasteiger charge is -2.37. The van der Waals surface area contributed by atoms with Crippen LogP contribution in [0.4, 0.5) is 0 Å². The Morgan fingerprint density at radius 1 is 1.06 bits per heavy atom. The van der Waals surface area contributed by atoms with E-state index in [2.05, 4.69) is 0 Å². The molecule has 2 aromatic rings. The number of carbonyl (C=O) groups is 2. The molecule has 170 valence electrons. The fourth-order valence-corrected chi connectivity index (χ4v) is 5.62. The van der Waals surface area contributed by atoms with Crippen molar-refractivity contribution >= 4 is 23.3 Å². The van der Waals surface area contributed by atoms with Gasteiger partial charge in [0, 0.05) is 11.9 Å². The molecule has 3 aliphatic heterocycles. The summed E-state index contributed by atoms with van der Waals surface area (Å²) in [4.78, 5) is 28.9. The summed E-state index contributed by atoms with van der Waals surface area (Å²) in [5.74, 6) is 0.709. The highest BCUT2D eigenvalue weighted by Crippen LogP contribution is 2.48. The molecule has 0 aromatic heterocycles. The number of amides is 1. The maximum Gasteiger partial charge on any atom is 0.290 e. The van der Waals surface area contributed by atoms with E-state index in [1.54, 1.807) is 23.1 Å². The third-order valence-electron chi connectivity index (χ3n) is 6.86. The number of nitrogens with zero attached hydrogens (tertiary/aromatic N) is 1. The van der Waals surface area contributed by atoms with Gasteiger partial charge in [-0.2, -0.15) is 0 Å². The molecular formula is C25H22ClNO6. The molecule has 1 saturated carbocycles. The third-order valence-corrected chi connectivity index (χ3v) is 7.25. The van der Waals surface area contributed by atoms with Gasteiger partial charge in [-0.25, -0.2) is 0 Å². The van der Waals surface area contributed by atoms with E-state index < -0.39 is 6.04 Å². The first-order valence-electron chi connectivity index (χ1n) is 11.1. The van der Waals surface area contributed by atoms with Crippen LogP contribution in [0, 0.1) is 5.92 Å². The van der Waals surface area contributed by atoms with Gasteiger partial charge in [0.05, 0.1) is 17.5 Å². The molecule has 8 heteroatoms. The standard InChI is InChI=1S/C25H22ClNO6/c26-15-5-7-18-17(10-15)23(29)21-22(14-2-1-3-16(28)9-14)27(25(30)24(21)33-18)11-13-4-6-19-20(8-13)32-12-31-19/h1-4,6,8-9,15,17-18,22,28H,5,7,10-12H2. The maximum atomic E-state index is 13.7. The number of Topliss-reactive ketones (excluding diaryl/α,β-unsaturated/α-hetero) is 1. The first-order chi connectivity index (χ1) is 16.0. The van der Waals surface area contributed by atoms with Crippen LogP contribution >= 0.6 is 11.6 Å². The molecular weight excluding hydrogens is 446 g/mol. The number of phenolic OH excluding ortho intramolecular Hbond substituents is 1. The Bertz CT molecular complexity index is 1190. The van der Waals surface area contributed by atoms with Gasteiger partial charge in [0.2, 0.25) is 6.79 Å². The molecule has 1 fully saturated rings. The second-order valence-corrected chi connectivity index (χ2v) is 9.52. The van der Waals surface area contributed by atoms with E-state index in [0.717, 1.165) is 12.0 Å². The number of phenols is 1. The fraction of sp³-hybridized carbons (Fsp3) is 0.360. The Hall–Kier alpha value is -3.19. The number of benzene rings is 2. The maximum absolute atomic E-state index is 13.7.